The van der Waals surface area contributed by atoms with Gasteiger partial charge in [-0.2, -0.15) is 14.5 Å². The molecule has 3 aromatic rings. The van der Waals surface area contributed by atoms with Crippen molar-refractivity contribution in [2.75, 3.05) is 5.32 Å². The molecule has 9 unspecified atom stereocenters. The lowest BCUT2D eigenvalue weighted by molar-refractivity contribution is -0.138. The number of hydrogen-bond acceptors (Lipinski definition) is 6. The molecule has 0 aliphatic heterocycles. The lowest BCUT2D eigenvalue weighted by Gasteiger charge is -2.65. The van der Waals surface area contributed by atoms with Gasteiger partial charge in [0.05, 0.1) is 12.0 Å². The van der Waals surface area contributed by atoms with E-state index >= 15 is 0 Å². The highest BCUT2D eigenvalue weighted by Crippen LogP contribution is 2.89. The minimum atomic E-state index is -0.972. The van der Waals surface area contributed by atoms with E-state index in [1.807, 2.05) is 11.4 Å². The van der Waals surface area contributed by atoms with Gasteiger partial charge in [-0.15, -0.1) is 0 Å². The largest absolute Gasteiger partial charge is 0.365 e. The van der Waals surface area contributed by atoms with E-state index in [1.165, 1.54) is 24.9 Å². The van der Waals surface area contributed by atoms with E-state index < -0.39 is 5.97 Å². The van der Waals surface area contributed by atoms with Gasteiger partial charge in [0.1, 0.15) is 11.5 Å². The van der Waals surface area contributed by atoms with Crippen LogP contribution in [0, 0.1) is 60.7 Å². The molecule has 3 N–H and O–H groups in total. The van der Waals surface area contributed by atoms with Crippen LogP contribution in [0.2, 0.25) is 0 Å². The molecular weight excluding hydrogens is 395 g/mol. The molecule has 0 amide bonds. The van der Waals surface area contributed by atoms with Gasteiger partial charge in [0.15, 0.2) is 5.82 Å². The van der Waals surface area contributed by atoms with E-state index in [1.54, 1.807) is 0 Å². The predicted octanol–water partition coefficient (Wildman–Crippen LogP) is 2.64. The Morgan fingerprint density at radius 1 is 1.16 bits per heavy atom. The van der Waals surface area contributed by atoms with Crippen LogP contribution in [0.25, 0.3) is 5.78 Å². The van der Waals surface area contributed by atoms with E-state index in [4.69, 9.17) is 10.5 Å². The zero-order valence-corrected chi connectivity index (χ0v) is 17.3. The second kappa shape index (κ2) is 4.97. The van der Waals surface area contributed by atoms with Crippen molar-refractivity contribution >= 4 is 17.6 Å². The molecule has 3 heterocycles. The Balaban J connectivity index is 1.31. The third kappa shape index (κ3) is 1.62. The number of halogens is 1. The fourth-order valence-corrected chi connectivity index (χ4v) is 9.26. The van der Waals surface area contributed by atoms with Gasteiger partial charge in [-0.3, -0.25) is 5.41 Å². The van der Waals surface area contributed by atoms with Crippen molar-refractivity contribution < 1.29 is 4.39 Å². The summed E-state index contributed by atoms with van der Waals surface area (Å²) in [5.41, 5.74) is 2.53. The van der Waals surface area contributed by atoms with Crippen LogP contribution in [-0.2, 0) is 5.41 Å². The number of nitrogens with one attached hydrogen (secondary N) is 3. The maximum absolute atomic E-state index is 13.7. The monoisotopic (exact) mass is 418 g/mol. The minimum Gasteiger partial charge on any atom is -0.365 e. The second-order valence-corrected chi connectivity index (χ2v) is 10.4. The average molecular weight is 418 g/mol. The summed E-state index contributed by atoms with van der Waals surface area (Å²) in [6, 6.07) is 2.50. The molecule has 0 aromatic carbocycles. The first-order chi connectivity index (χ1) is 15.0. The van der Waals surface area contributed by atoms with Gasteiger partial charge in [0.2, 0.25) is 5.97 Å². The highest BCUT2D eigenvalue weighted by molar-refractivity contribution is 5.93. The summed E-state index contributed by atoms with van der Waals surface area (Å²) < 4.78 is 15.8. The maximum Gasteiger partial charge on any atom is 0.252 e. The van der Waals surface area contributed by atoms with Crippen LogP contribution in [0.5, 0.6) is 0 Å². The van der Waals surface area contributed by atoms with E-state index in [0.717, 1.165) is 29.3 Å². The Labute approximate surface area is 177 Å². The minimum absolute atomic E-state index is 0.102. The zero-order chi connectivity index (χ0) is 20.8. The number of aromatic nitrogens is 6. The number of nitrogens with zero attached hydrogens (tertiary/aromatic N) is 5. The van der Waals surface area contributed by atoms with E-state index in [2.05, 4.69) is 38.2 Å². The normalized spacial score (nSPS) is 42.7. The highest BCUT2D eigenvalue weighted by atomic mass is 19.1. The third-order valence-electron chi connectivity index (χ3n) is 9.60. The standard InChI is InChI=1S/C22H23FN8/c1-7-3-13(31-21(27-7)28-8(2)30-31)22-14-9-4-11(14)15(22)12-5-10(9)16(22)17(12)29-20-18(19(23)24)25-6-26-20/h3,6,9-12,14-17,24,29H,4-5H2,1-2H3,(H,25,26). The van der Waals surface area contributed by atoms with Crippen LogP contribution in [0.15, 0.2) is 12.4 Å². The summed E-state index contributed by atoms with van der Waals surface area (Å²) in [4.78, 5) is 16.3. The lowest BCUT2D eigenvalue weighted by atomic mass is 9.38. The van der Waals surface area contributed by atoms with Gasteiger partial charge in [-0.1, -0.05) is 0 Å². The second-order valence-electron chi connectivity index (χ2n) is 10.4. The van der Waals surface area contributed by atoms with Crippen molar-refractivity contribution in [3.63, 3.8) is 0 Å². The SMILES string of the molecule is Cc1cc(C23C4C5CC4C2C2CC5C3C2Nc2nc[nH]c2C(=N)F)n2nc(C)nc2n1. The molecule has 3 aromatic heterocycles. The molecule has 0 spiro atoms. The smallest absolute Gasteiger partial charge is 0.252 e. The van der Waals surface area contributed by atoms with Gasteiger partial charge in [-0.25, -0.2) is 14.5 Å². The first-order valence-electron chi connectivity index (χ1n) is 11.3. The molecule has 5 aliphatic carbocycles. The number of hydrogen-bond donors (Lipinski definition) is 3. The van der Waals surface area contributed by atoms with Crippen molar-refractivity contribution in [2.45, 2.75) is 38.1 Å². The highest BCUT2D eigenvalue weighted by Gasteiger charge is 2.88. The lowest BCUT2D eigenvalue weighted by Crippen LogP contribution is -2.65. The molecule has 8 rings (SSSR count). The van der Waals surface area contributed by atoms with E-state index in [0.29, 0.717) is 35.3 Å². The Morgan fingerprint density at radius 3 is 2.77 bits per heavy atom. The maximum atomic E-state index is 13.7. The molecule has 5 fully saturated rings. The predicted molar refractivity (Wildman–Crippen MR) is 110 cm³/mol. The zero-order valence-electron chi connectivity index (χ0n) is 17.3. The molecule has 2 bridgehead atoms. The third-order valence-corrected chi connectivity index (χ3v) is 9.60. The quantitative estimate of drug-likeness (QED) is 0.565. The molecule has 5 aliphatic rings. The summed E-state index contributed by atoms with van der Waals surface area (Å²) in [6.07, 6.45) is 4.09. The van der Waals surface area contributed by atoms with Crippen LogP contribution in [0.3, 0.4) is 0 Å². The number of fused-ring (bicyclic) bond motifs is 5. The van der Waals surface area contributed by atoms with Gasteiger partial charge < -0.3 is 10.3 Å². The van der Waals surface area contributed by atoms with Gasteiger partial charge >= 0.3 is 0 Å². The Bertz CT molecular complexity index is 1310. The molecule has 158 valence electrons. The number of imidazole rings is 1. The van der Waals surface area contributed by atoms with Crippen LogP contribution in [-0.4, -0.2) is 41.6 Å². The number of aromatic amines is 1. The van der Waals surface area contributed by atoms with Crippen molar-refractivity contribution in [3.8, 4) is 0 Å². The molecule has 0 radical (unpaired) electrons. The van der Waals surface area contributed by atoms with Gasteiger partial charge in [0.25, 0.3) is 5.78 Å². The van der Waals surface area contributed by atoms with Crippen molar-refractivity contribution in [1.29, 1.82) is 5.41 Å². The number of rotatable bonds is 4. The number of H-pyrrole nitrogens is 1. The van der Waals surface area contributed by atoms with E-state index in [-0.39, 0.29) is 17.2 Å². The van der Waals surface area contributed by atoms with Gasteiger partial charge in [0, 0.05) is 17.2 Å². The van der Waals surface area contributed by atoms with Crippen molar-refractivity contribution in [2.24, 2.45) is 41.4 Å². The molecular formula is C22H23FN8. The van der Waals surface area contributed by atoms with E-state index in [9.17, 15) is 4.39 Å². The van der Waals surface area contributed by atoms with Crippen LogP contribution in [0.4, 0.5) is 10.2 Å². The Morgan fingerprint density at radius 2 is 1.94 bits per heavy atom. The van der Waals surface area contributed by atoms with Crippen LogP contribution < -0.4 is 5.32 Å². The molecule has 31 heavy (non-hydrogen) atoms. The van der Waals surface area contributed by atoms with Crippen molar-refractivity contribution in [1.82, 2.24) is 29.5 Å². The molecule has 8 nitrogen and oxygen atoms in total. The summed E-state index contributed by atoms with van der Waals surface area (Å²) in [7, 11) is 0. The Hall–Kier alpha value is -2.84. The summed E-state index contributed by atoms with van der Waals surface area (Å²) in [5.74, 6) is 5.60. The topological polar surface area (TPSA) is 108 Å². The van der Waals surface area contributed by atoms with Crippen molar-refractivity contribution in [3.05, 3.63) is 35.3 Å². The first-order valence-corrected chi connectivity index (χ1v) is 11.3. The number of anilines is 1. The summed E-state index contributed by atoms with van der Waals surface area (Å²) in [6.45, 7) is 3.98. The van der Waals surface area contributed by atoms with Crippen LogP contribution in [0.1, 0.15) is 35.7 Å². The molecule has 9 atom stereocenters. The fraction of sp³-hybridized carbons (Fsp3) is 0.591. The first kappa shape index (κ1) is 16.8. The fourth-order valence-electron chi connectivity index (χ4n) is 9.26. The Kier molecular flexibility index (Phi) is 2.69. The van der Waals surface area contributed by atoms with Gasteiger partial charge in [-0.05, 0) is 74.2 Å². The molecule has 9 heteroatoms. The summed E-state index contributed by atoms with van der Waals surface area (Å²) >= 11 is 0. The van der Waals surface area contributed by atoms with Crippen LogP contribution >= 0.6 is 0 Å². The molecule has 5 saturated carbocycles. The molecule has 0 saturated heterocycles. The average Bonchev–Trinajstić information content (AvgIpc) is 3.38. The number of aryl methyl sites for hydroxylation is 2. The summed E-state index contributed by atoms with van der Waals surface area (Å²) in [5, 5.41) is 15.8.